The molecule has 0 unspecified atom stereocenters. The van der Waals surface area contributed by atoms with Crippen molar-refractivity contribution in [1.29, 1.82) is 0 Å². The van der Waals surface area contributed by atoms with Gasteiger partial charge in [-0.25, -0.2) is 4.98 Å². The van der Waals surface area contributed by atoms with Crippen molar-refractivity contribution >= 4 is 40.4 Å². The van der Waals surface area contributed by atoms with E-state index < -0.39 is 0 Å². The highest BCUT2D eigenvalue weighted by atomic mass is 32.1. The van der Waals surface area contributed by atoms with Gasteiger partial charge in [0.2, 0.25) is 0 Å². The van der Waals surface area contributed by atoms with Gasteiger partial charge < -0.3 is 15.8 Å². The summed E-state index contributed by atoms with van der Waals surface area (Å²) in [5.41, 5.74) is 7.55. The number of nitrogens with two attached hydrogens (primary N) is 1. The predicted octanol–water partition coefficient (Wildman–Crippen LogP) is 4.01. The maximum atomic E-state index is 12.2. The Hall–Kier alpha value is -3.12. The fourth-order valence-electron chi connectivity index (χ4n) is 2.47. The Morgan fingerprint density at radius 3 is 2.88 bits per heavy atom. The van der Waals surface area contributed by atoms with E-state index in [0.717, 1.165) is 10.6 Å². The lowest BCUT2D eigenvalue weighted by Crippen LogP contribution is -2.04. The van der Waals surface area contributed by atoms with Gasteiger partial charge in [-0.05, 0) is 35.7 Å². The molecule has 118 valence electrons. The normalized spacial score (nSPS) is 14.5. The highest BCUT2D eigenvalue weighted by molar-refractivity contribution is 7.11. The van der Waals surface area contributed by atoms with E-state index in [1.165, 1.54) is 17.5 Å². The third-order valence-electron chi connectivity index (χ3n) is 3.58. The average molecular weight is 335 g/mol. The summed E-state index contributed by atoms with van der Waals surface area (Å²) in [6, 6.07) is 13.2. The van der Waals surface area contributed by atoms with Crippen LogP contribution in [0.2, 0.25) is 0 Å². The highest BCUT2D eigenvalue weighted by Crippen LogP contribution is 2.37. The molecule has 1 aliphatic heterocycles. The van der Waals surface area contributed by atoms with Gasteiger partial charge in [-0.2, -0.15) is 0 Å². The van der Waals surface area contributed by atoms with E-state index in [4.69, 9.17) is 10.5 Å². The number of amides is 1. The van der Waals surface area contributed by atoms with Gasteiger partial charge in [0.25, 0.3) is 5.91 Å². The van der Waals surface area contributed by atoms with Crippen LogP contribution in [0.15, 0.2) is 54.0 Å². The van der Waals surface area contributed by atoms with E-state index in [2.05, 4.69) is 10.3 Å². The van der Waals surface area contributed by atoms with Crippen molar-refractivity contribution in [2.45, 2.75) is 0 Å². The van der Waals surface area contributed by atoms with Gasteiger partial charge in [-0.3, -0.25) is 4.79 Å². The van der Waals surface area contributed by atoms with Crippen molar-refractivity contribution in [2.24, 2.45) is 0 Å². The number of nitrogen functional groups attached to an aromatic ring is 1. The molecule has 1 amide bonds. The van der Waals surface area contributed by atoms with Gasteiger partial charge in [0.1, 0.15) is 17.3 Å². The summed E-state index contributed by atoms with van der Waals surface area (Å²) in [5.74, 6) is 1.79. The number of carbonyl (C=O) groups excluding carboxylic acids is 1. The second-order valence-electron chi connectivity index (χ2n) is 5.24. The quantitative estimate of drug-likeness (QED) is 0.709. The van der Waals surface area contributed by atoms with Crippen LogP contribution >= 0.6 is 11.3 Å². The molecular formula is C18H13N3O2S. The van der Waals surface area contributed by atoms with Crippen LogP contribution in [0.25, 0.3) is 11.6 Å². The Morgan fingerprint density at radius 1 is 1.21 bits per heavy atom. The average Bonchev–Trinajstić information content (AvgIpc) is 3.14. The second kappa shape index (κ2) is 5.82. The van der Waals surface area contributed by atoms with Crippen LogP contribution in [0, 0.1) is 0 Å². The molecule has 4 rings (SSSR count). The number of nitrogens with zero attached hydrogens (tertiary/aromatic N) is 1. The largest absolute Gasteiger partial charge is 0.456 e. The number of carbonyl (C=O) groups is 1. The van der Waals surface area contributed by atoms with Crippen molar-refractivity contribution < 1.29 is 9.53 Å². The summed E-state index contributed by atoms with van der Waals surface area (Å²) < 4.78 is 5.90. The minimum Gasteiger partial charge on any atom is -0.456 e. The molecule has 0 aliphatic carbocycles. The molecular weight excluding hydrogens is 322 g/mol. The van der Waals surface area contributed by atoms with Crippen molar-refractivity contribution in [3.8, 4) is 11.5 Å². The molecule has 3 N–H and O–H groups in total. The number of rotatable bonds is 3. The van der Waals surface area contributed by atoms with Crippen LogP contribution < -0.4 is 15.8 Å². The van der Waals surface area contributed by atoms with Gasteiger partial charge in [0, 0.05) is 5.56 Å². The van der Waals surface area contributed by atoms with Crippen molar-refractivity contribution in [1.82, 2.24) is 4.98 Å². The number of pyridine rings is 1. The fourth-order valence-corrected chi connectivity index (χ4v) is 3.22. The first-order valence-corrected chi connectivity index (χ1v) is 8.18. The van der Waals surface area contributed by atoms with Crippen molar-refractivity contribution in [2.75, 3.05) is 11.1 Å². The first-order valence-electron chi connectivity index (χ1n) is 7.30. The third kappa shape index (κ3) is 2.63. The summed E-state index contributed by atoms with van der Waals surface area (Å²) in [6.07, 6.45) is 3.34. The SMILES string of the molecule is Nc1cnc2c(c1)C(=Cc1sccc1Oc1ccccc1)C(=O)N2. The second-order valence-corrected chi connectivity index (χ2v) is 6.19. The van der Waals surface area contributed by atoms with E-state index in [1.807, 2.05) is 47.9 Å². The molecule has 0 saturated carbocycles. The Kier molecular flexibility index (Phi) is 3.51. The zero-order valence-corrected chi connectivity index (χ0v) is 13.3. The van der Waals surface area contributed by atoms with Crippen LogP contribution in [0.3, 0.4) is 0 Å². The first kappa shape index (κ1) is 14.5. The van der Waals surface area contributed by atoms with E-state index in [1.54, 1.807) is 6.07 Å². The summed E-state index contributed by atoms with van der Waals surface area (Å²) in [5, 5.41) is 4.67. The summed E-state index contributed by atoms with van der Waals surface area (Å²) in [6.45, 7) is 0. The molecule has 6 heteroatoms. The van der Waals surface area contributed by atoms with Gasteiger partial charge in [0.15, 0.2) is 0 Å². The Bertz CT molecular complexity index is 948. The van der Waals surface area contributed by atoms with E-state index in [-0.39, 0.29) is 5.91 Å². The van der Waals surface area contributed by atoms with Gasteiger partial charge in [0.05, 0.1) is 22.3 Å². The molecule has 2 aromatic heterocycles. The van der Waals surface area contributed by atoms with Crippen molar-refractivity contribution in [3.63, 3.8) is 0 Å². The molecule has 0 spiro atoms. The lowest BCUT2D eigenvalue weighted by Gasteiger charge is -2.05. The standard InChI is InChI=1S/C18H13N3O2S/c19-11-8-13-14(18(22)21-17(13)20-10-11)9-16-15(6-7-24-16)23-12-4-2-1-3-5-12/h1-10H,19H2,(H,20,21,22). The first-order chi connectivity index (χ1) is 11.7. The number of ether oxygens (including phenoxy) is 1. The third-order valence-corrected chi connectivity index (χ3v) is 4.42. The highest BCUT2D eigenvalue weighted by Gasteiger charge is 2.26. The van der Waals surface area contributed by atoms with Gasteiger partial charge in [-0.15, -0.1) is 11.3 Å². The molecule has 5 nitrogen and oxygen atoms in total. The van der Waals surface area contributed by atoms with Crippen LogP contribution in [-0.4, -0.2) is 10.9 Å². The molecule has 0 atom stereocenters. The minimum atomic E-state index is -0.192. The smallest absolute Gasteiger partial charge is 0.257 e. The molecule has 0 radical (unpaired) electrons. The number of para-hydroxylation sites is 1. The zero-order chi connectivity index (χ0) is 16.5. The molecule has 3 heterocycles. The molecule has 0 bridgehead atoms. The number of fused-ring (bicyclic) bond motifs is 1. The summed E-state index contributed by atoms with van der Waals surface area (Å²) in [4.78, 5) is 17.3. The molecule has 1 aromatic carbocycles. The Morgan fingerprint density at radius 2 is 2.04 bits per heavy atom. The molecule has 0 fully saturated rings. The van der Waals surface area contributed by atoms with Crippen LogP contribution in [-0.2, 0) is 4.79 Å². The number of thiophene rings is 1. The molecule has 3 aromatic rings. The van der Waals surface area contributed by atoms with Crippen molar-refractivity contribution in [3.05, 3.63) is 64.5 Å². The van der Waals surface area contributed by atoms with E-state index in [9.17, 15) is 4.79 Å². The maximum absolute atomic E-state index is 12.2. The molecule has 0 saturated heterocycles. The van der Waals surface area contributed by atoms with Crippen LogP contribution in [0.1, 0.15) is 10.4 Å². The number of nitrogens with one attached hydrogen (secondary N) is 1. The Balaban J connectivity index is 1.72. The number of benzene rings is 1. The molecule has 24 heavy (non-hydrogen) atoms. The fraction of sp³-hybridized carbons (Fsp3) is 0. The monoisotopic (exact) mass is 335 g/mol. The lowest BCUT2D eigenvalue weighted by molar-refractivity contribution is -0.110. The number of aromatic nitrogens is 1. The Labute approximate surface area is 142 Å². The number of anilines is 2. The summed E-state index contributed by atoms with van der Waals surface area (Å²) in [7, 11) is 0. The number of hydrogen-bond acceptors (Lipinski definition) is 5. The van der Waals surface area contributed by atoms with E-state index in [0.29, 0.717) is 28.4 Å². The van der Waals surface area contributed by atoms with Gasteiger partial charge >= 0.3 is 0 Å². The molecule has 1 aliphatic rings. The van der Waals surface area contributed by atoms with E-state index >= 15 is 0 Å². The zero-order valence-electron chi connectivity index (χ0n) is 12.5. The topological polar surface area (TPSA) is 77.2 Å². The number of hydrogen-bond donors (Lipinski definition) is 2. The maximum Gasteiger partial charge on any atom is 0.257 e. The van der Waals surface area contributed by atoms with Gasteiger partial charge in [-0.1, -0.05) is 18.2 Å². The summed E-state index contributed by atoms with van der Waals surface area (Å²) >= 11 is 1.50. The minimum absolute atomic E-state index is 0.192. The van der Waals surface area contributed by atoms with Crippen LogP contribution in [0.4, 0.5) is 11.5 Å². The lowest BCUT2D eigenvalue weighted by atomic mass is 10.1. The predicted molar refractivity (Wildman–Crippen MR) is 96.0 cm³/mol. The van der Waals surface area contributed by atoms with Crippen LogP contribution in [0.5, 0.6) is 11.5 Å².